The topological polar surface area (TPSA) is 164 Å². The Balaban J connectivity index is 0.00000612. The minimum absolute atomic E-state index is 0. The number of pyridine rings is 1. The molecule has 0 aliphatic carbocycles. The second-order valence-electron chi connectivity index (χ2n) is 6.32. The van der Waals surface area contributed by atoms with E-state index >= 15 is 0 Å². The van der Waals surface area contributed by atoms with Crippen LogP contribution in [0.5, 0.6) is 11.5 Å². The van der Waals surface area contributed by atoms with Crippen LogP contribution in [0.3, 0.4) is 0 Å². The molecular formula is C21H19NNa2O10S2. The van der Waals surface area contributed by atoms with Crippen molar-refractivity contribution in [3.8, 4) is 35.7 Å². The standard InChI is InChI=1S/C21H21NO10S2.2Na/c1-2-18-6-3-7-19(22-18)9-8-17-16-20(29-12-4-14-31-33(23,24)25)10-11-21(17)30-13-5-15-32-34(26,27)28;;/h1,3,6-7,10-11,16H,4-5,12-15H2,(H,23,24,25)(H,26,27,28);;/q;2*+1/p-2. The van der Waals surface area contributed by atoms with E-state index in [1.165, 1.54) is 0 Å². The van der Waals surface area contributed by atoms with E-state index in [9.17, 15) is 25.9 Å². The molecule has 0 aliphatic heterocycles. The van der Waals surface area contributed by atoms with Gasteiger partial charge in [-0.15, -0.1) is 6.42 Å². The first kappa shape index (κ1) is 34.8. The predicted molar refractivity (Wildman–Crippen MR) is 116 cm³/mol. The predicted octanol–water partition coefficient (Wildman–Crippen LogP) is -5.04. The van der Waals surface area contributed by atoms with Gasteiger partial charge in [-0.25, -0.2) is 21.8 Å². The Morgan fingerprint density at radius 1 is 0.806 bits per heavy atom. The summed E-state index contributed by atoms with van der Waals surface area (Å²) in [4.78, 5) is 4.18. The maximum atomic E-state index is 10.5. The summed E-state index contributed by atoms with van der Waals surface area (Å²) in [6.45, 7) is -0.554. The summed E-state index contributed by atoms with van der Waals surface area (Å²) in [7, 11) is -9.53. The molecule has 0 spiro atoms. The van der Waals surface area contributed by atoms with Crippen LogP contribution in [-0.2, 0) is 29.2 Å². The van der Waals surface area contributed by atoms with Crippen molar-refractivity contribution in [1.82, 2.24) is 4.98 Å². The zero-order chi connectivity index (χ0) is 25.0. The minimum atomic E-state index is -4.77. The molecule has 0 saturated heterocycles. The number of rotatable bonds is 12. The van der Waals surface area contributed by atoms with Gasteiger partial charge in [0.15, 0.2) is 0 Å². The normalized spacial score (nSPS) is 10.6. The SMILES string of the molecule is C#Cc1cccc(C#Cc2cc(OCCCOS(=O)(=O)[O-])ccc2OCCCOS(=O)(=O)[O-])n1.[Na+].[Na+]. The van der Waals surface area contributed by atoms with Crippen molar-refractivity contribution >= 4 is 20.8 Å². The van der Waals surface area contributed by atoms with E-state index in [0.29, 0.717) is 28.5 Å². The van der Waals surface area contributed by atoms with Crippen LogP contribution < -0.4 is 68.6 Å². The largest absolute Gasteiger partial charge is 1.00 e. The average Bonchev–Trinajstić information content (AvgIpc) is 2.76. The maximum Gasteiger partial charge on any atom is 1.00 e. The van der Waals surface area contributed by atoms with E-state index in [-0.39, 0.29) is 98.4 Å². The van der Waals surface area contributed by atoms with Crippen molar-refractivity contribution in [1.29, 1.82) is 0 Å². The van der Waals surface area contributed by atoms with Gasteiger partial charge in [0.25, 0.3) is 0 Å². The maximum absolute atomic E-state index is 10.5. The molecule has 0 fully saturated rings. The van der Waals surface area contributed by atoms with Crippen molar-refractivity contribution in [3.63, 3.8) is 0 Å². The van der Waals surface area contributed by atoms with Gasteiger partial charge >= 0.3 is 59.1 Å². The molecule has 1 aromatic carbocycles. The van der Waals surface area contributed by atoms with Crippen LogP contribution in [0.4, 0.5) is 0 Å². The van der Waals surface area contributed by atoms with Gasteiger partial charge in [0.1, 0.15) is 22.9 Å². The molecule has 1 aromatic heterocycles. The number of benzene rings is 1. The Kier molecular flexibility index (Phi) is 16.8. The molecule has 0 bridgehead atoms. The Morgan fingerprint density at radius 2 is 1.39 bits per heavy atom. The Morgan fingerprint density at radius 3 is 1.97 bits per heavy atom. The quantitative estimate of drug-likeness (QED) is 0.0810. The summed E-state index contributed by atoms with van der Waals surface area (Å²) >= 11 is 0. The number of hydrogen-bond donors (Lipinski definition) is 0. The molecule has 0 N–H and O–H groups in total. The third-order valence-electron chi connectivity index (χ3n) is 3.73. The number of terminal acetylenes is 1. The first-order valence-corrected chi connectivity index (χ1v) is 12.3. The van der Waals surface area contributed by atoms with E-state index in [2.05, 4.69) is 31.1 Å². The molecule has 0 unspecified atom stereocenters. The van der Waals surface area contributed by atoms with Crippen LogP contribution in [-0.4, -0.2) is 57.4 Å². The molecule has 11 nitrogen and oxygen atoms in total. The first-order chi connectivity index (χ1) is 16.1. The molecule has 36 heavy (non-hydrogen) atoms. The van der Waals surface area contributed by atoms with Gasteiger partial charge in [0.05, 0.1) is 32.0 Å². The van der Waals surface area contributed by atoms with Crippen LogP contribution in [0.1, 0.15) is 29.8 Å². The van der Waals surface area contributed by atoms with Crippen molar-refractivity contribution in [3.05, 3.63) is 53.3 Å². The molecule has 0 saturated carbocycles. The molecule has 2 aromatic rings. The van der Waals surface area contributed by atoms with E-state index in [1.807, 2.05) is 0 Å². The molecule has 0 radical (unpaired) electrons. The molecule has 1 heterocycles. The van der Waals surface area contributed by atoms with Crippen LogP contribution in [0.2, 0.25) is 0 Å². The van der Waals surface area contributed by atoms with Crippen molar-refractivity contribution < 1.29 is 103 Å². The summed E-state index contributed by atoms with van der Waals surface area (Å²) in [6, 6.07) is 9.73. The van der Waals surface area contributed by atoms with Crippen molar-refractivity contribution in [2.24, 2.45) is 0 Å². The molecule has 0 amide bonds. The van der Waals surface area contributed by atoms with Gasteiger partial charge in [0.2, 0.25) is 20.8 Å². The minimum Gasteiger partial charge on any atom is -0.726 e. The molecule has 0 aliphatic rings. The smallest absolute Gasteiger partial charge is 0.726 e. The van der Waals surface area contributed by atoms with Gasteiger partial charge in [-0.3, -0.25) is 8.37 Å². The van der Waals surface area contributed by atoms with E-state index in [0.717, 1.165) is 0 Å². The van der Waals surface area contributed by atoms with Crippen molar-refractivity contribution in [2.45, 2.75) is 12.8 Å². The van der Waals surface area contributed by atoms with Crippen LogP contribution in [0.25, 0.3) is 0 Å². The fraction of sp³-hybridized carbons (Fsp3) is 0.286. The molecule has 182 valence electrons. The summed E-state index contributed by atoms with van der Waals surface area (Å²) in [6.07, 6.45) is 5.61. The van der Waals surface area contributed by atoms with Gasteiger partial charge in [-0.05, 0) is 36.3 Å². The van der Waals surface area contributed by atoms with Gasteiger partial charge < -0.3 is 18.6 Å². The Bertz CT molecular complexity index is 1300. The summed E-state index contributed by atoms with van der Waals surface area (Å²) < 4.78 is 82.1. The summed E-state index contributed by atoms with van der Waals surface area (Å²) in [5.74, 6) is 8.90. The zero-order valence-corrected chi connectivity index (χ0v) is 25.3. The third kappa shape index (κ3) is 15.2. The first-order valence-electron chi connectivity index (χ1n) is 9.61. The van der Waals surface area contributed by atoms with Crippen LogP contribution in [0.15, 0.2) is 36.4 Å². The average molecular weight is 555 g/mol. The third-order valence-corrected chi connectivity index (χ3v) is 4.64. The van der Waals surface area contributed by atoms with Gasteiger partial charge in [-0.2, -0.15) is 0 Å². The number of nitrogens with zero attached hydrogens (tertiary/aromatic N) is 1. The van der Waals surface area contributed by atoms with E-state index in [4.69, 9.17) is 15.9 Å². The Labute approximate surface area is 254 Å². The van der Waals surface area contributed by atoms with E-state index < -0.39 is 20.8 Å². The molecule has 15 heteroatoms. The molecule has 2 rings (SSSR count). The second kappa shape index (κ2) is 17.4. The fourth-order valence-electron chi connectivity index (χ4n) is 2.35. The monoisotopic (exact) mass is 555 g/mol. The number of hydrogen-bond acceptors (Lipinski definition) is 11. The van der Waals surface area contributed by atoms with Gasteiger partial charge in [-0.1, -0.05) is 17.9 Å². The zero-order valence-electron chi connectivity index (χ0n) is 19.6. The van der Waals surface area contributed by atoms with Crippen LogP contribution >= 0.6 is 0 Å². The summed E-state index contributed by atoms with van der Waals surface area (Å²) in [5.41, 5.74) is 1.23. The van der Waals surface area contributed by atoms with E-state index in [1.54, 1.807) is 36.4 Å². The second-order valence-corrected chi connectivity index (χ2v) is 8.43. The number of ether oxygens (including phenoxy) is 2. The Hall–Kier alpha value is -1.17. The van der Waals surface area contributed by atoms with Crippen molar-refractivity contribution in [2.75, 3.05) is 26.4 Å². The van der Waals surface area contributed by atoms with Gasteiger partial charge in [0, 0.05) is 12.8 Å². The van der Waals surface area contributed by atoms with Crippen LogP contribution in [0, 0.1) is 24.2 Å². The number of aromatic nitrogens is 1. The fourth-order valence-corrected chi connectivity index (χ4v) is 2.99. The molecule has 0 atom stereocenters. The molecular weight excluding hydrogens is 536 g/mol. The summed E-state index contributed by atoms with van der Waals surface area (Å²) in [5, 5.41) is 0.